The van der Waals surface area contributed by atoms with Gasteiger partial charge in [0.2, 0.25) is 0 Å². The Labute approximate surface area is 115 Å². The molecule has 2 N–H and O–H groups in total. The van der Waals surface area contributed by atoms with E-state index in [1.54, 1.807) is 0 Å². The van der Waals surface area contributed by atoms with E-state index in [1.807, 2.05) is 12.1 Å². The van der Waals surface area contributed by atoms with Crippen LogP contribution in [0.25, 0.3) is 0 Å². The first-order valence-electron chi connectivity index (χ1n) is 6.76. The number of benzene rings is 2. The second-order valence-electron chi connectivity index (χ2n) is 5.01. The fraction of sp³-hybridized carbons (Fsp3) is 0.294. The maximum absolute atomic E-state index is 5.95. The summed E-state index contributed by atoms with van der Waals surface area (Å²) in [6.07, 6.45) is 1.08. The molecule has 100 valence electrons. The van der Waals surface area contributed by atoms with Crippen LogP contribution in [0.15, 0.2) is 42.5 Å². The third-order valence-corrected chi connectivity index (χ3v) is 3.68. The third kappa shape index (κ3) is 3.08. The molecule has 0 saturated heterocycles. The minimum Gasteiger partial charge on any atom is -0.399 e. The average Bonchev–Trinajstić information content (AvgIpc) is 2.44. The molecule has 2 rings (SSSR count). The molecule has 0 saturated carbocycles. The lowest BCUT2D eigenvalue weighted by atomic mass is 10.1. The summed E-state index contributed by atoms with van der Waals surface area (Å²) in [7, 11) is 2.11. The number of nitrogens with zero attached hydrogens (tertiary/aromatic N) is 1. The van der Waals surface area contributed by atoms with Crippen molar-refractivity contribution in [1.29, 1.82) is 0 Å². The zero-order valence-corrected chi connectivity index (χ0v) is 12.0. The molecule has 0 unspecified atom stereocenters. The lowest BCUT2D eigenvalue weighted by molar-refractivity contribution is 0.914. The van der Waals surface area contributed by atoms with Gasteiger partial charge in [-0.25, -0.2) is 0 Å². The summed E-state index contributed by atoms with van der Waals surface area (Å²) in [5, 5.41) is 0. The fourth-order valence-corrected chi connectivity index (χ4v) is 2.21. The van der Waals surface area contributed by atoms with Crippen molar-refractivity contribution < 1.29 is 0 Å². The van der Waals surface area contributed by atoms with Gasteiger partial charge >= 0.3 is 0 Å². The minimum atomic E-state index is 0.868. The number of nitrogens with two attached hydrogens (primary N) is 1. The van der Waals surface area contributed by atoms with Crippen LogP contribution in [-0.2, 0) is 13.0 Å². The Balaban J connectivity index is 2.15. The lowest BCUT2D eigenvalue weighted by Gasteiger charge is -2.21. The largest absolute Gasteiger partial charge is 0.399 e. The normalized spacial score (nSPS) is 10.5. The maximum Gasteiger partial charge on any atom is 0.0429 e. The molecule has 0 aromatic heterocycles. The summed E-state index contributed by atoms with van der Waals surface area (Å²) in [6.45, 7) is 5.13. The molecule has 2 aromatic rings. The predicted octanol–water partition coefficient (Wildman–Crippen LogP) is 3.78. The smallest absolute Gasteiger partial charge is 0.0429 e. The molecule has 0 amide bonds. The van der Waals surface area contributed by atoms with E-state index in [1.165, 1.54) is 22.4 Å². The Morgan fingerprint density at radius 2 is 1.74 bits per heavy atom. The molecule has 0 heterocycles. The summed E-state index contributed by atoms with van der Waals surface area (Å²) in [4.78, 5) is 2.25. The monoisotopic (exact) mass is 254 g/mol. The number of rotatable bonds is 4. The summed E-state index contributed by atoms with van der Waals surface area (Å²) in [5.74, 6) is 0. The lowest BCUT2D eigenvalue weighted by Crippen LogP contribution is -2.17. The van der Waals surface area contributed by atoms with Gasteiger partial charge in [-0.15, -0.1) is 0 Å². The van der Waals surface area contributed by atoms with Crippen molar-refractivity contribution in [1.82, 2.24) is 0 Å². The van der Waals surface area contributed by atoms with E-state index in [-0.39, 0.29) is 0 Å². The van der Waals surface area contributed by atoms with Crippen LogP contribution in [0.2, 0.25) is 0 Å². The third-order valence-electron chi connectivity index (χ3n) is 3.68. The zero-order valence-electron chi connectivity index (χ0n) is 12.0. The van der Waals surface area contributed by atoms with Gasteiger partial charge in [-0.05, 0) is 48.2 Å². The van der Waals surface area contributed by atoms with Crippen LogP contribution in [0, 0.1) is 6.92 Å². The Hall–Kier alpha value is -1.96. The van der Waals surface area contributed by atoms with Gasteiger partial charge in [0.05, 0.1) is 0 Å². The van der Waals surface area contributed by atoms with Gasteiger partial charge in [0.15, 0.2) is 0 Å². The summed E-state index contributed by atoms with van der Waals surface area (Å²) < 4.78 is 0. The van der Waals surface area contributed by atoms with E-state index < -0.39 is 0 Å². The van der Waals surface area contributed by atoms with Gasteiger partial charge in [0, 0.05) is 25.0 Å². The molecular formula is C17H22N2. The number of anilines is 2. The minimum absolute atomic E-state index is 0.868. The summed E-state index contributed by atoms with van der Waals surface area (Å²) >= 11 is 0. The highest BCUT2D eigenvalue weighted by atomic mass is 15.1. The molecule has 2 aromatic carbocycles. The Morgan fingerprint density at radius 1 is 1.05 bits per heavy atom. The van der Waals surface area contributed by atoms with Crippen LogP contribution in [0.5, 0.6) is 0 Å². The Morgan fingerprint density at radius 3 is 2.37 bits per heavy atom. The number of aryl methyl sites for hydroxylation is 1. The summed E-state index contributed by atoms with van der Waals surface area (Å²) in [6, 6.07) is 14.9. The molecule has 0 fully saturated rings. The molecule has 0 aliphatic carbocycles. The quantitative estimate of drug-likeness (QED) is 0.841. The van der Waals surface area contributed by atoms with Crippen molar-refractivity contribution in [2.24, 2.45) is 0 Å². The zero-order chi connectivity index (χ0) is 13.8. The molecule has 2 nitrogen and oxygen atoms in total. The van der Waals surface area contributed by atoms with E-state index in [4.69, 9.17) is 5.73 Å². The molecular weight excluding hydrogens is 232 g/mol. The first-order chi connectivity index (χ1) is 9.11. The molecule has 19 heavy (non-hydrogen) atoms. The van der Waals surface area contributed by atoms with Gasteiger partial charge in [-0.2, -0.15) is 0 Å². The molecule has 0 atom stereocenters. The van der Waals surface area contributed by atoms with Crippen molar-refractivity contribution in [2.75, 3.05) is 17.7 Å². The predicted molar refractivity (Wildman–Crippen MR) is 83.5 cm³/mol. The number of nitrogen functional groups attached to an aromatic ring is 1. The average molecular weight is 254 g/mol. The van der Waals surface area contributed by atoms with Crippen LogP contribution in [0.1, 0.15) is 23.6 Å². The highest BCUT2D eigenvalue weighted by Crippen LogP contribution is 2.21. The summed E-state index contributed by atoms with van der Waals surface area (Å²) in [5.41, 5.74) is 11.9. The maximum atomic E-state index is 5.95. The van der Waals surface area contributed by atoms with Gasteiger partial charge in [-0.3, -0.25) is 0 Å². The van der Waals surface area contributed by atoms with Gasteiger partial charge in [-0.1, -0.05) is 31.2 Å². The van der Waals surface area contributed by atoms with Crippen molar-refractivity contribution in [2.45, 2.75) is 26.8 Å². The van der Waals surface area contributed by atoms with Crippen molar-refractivity contribution in [3.63, 3.8) is 0 Å². The Kier molecular flexibility index (Phi) is 4.10. The second-order valence-corrected chi connectivity index (χ2v) is 5.01. The first kappa shape index (κ1) is 13.5. The van der Waals surface area contributed by atoms with Crippen LogP contribution in [0.3, 0.4) is 0 Å². The van der Waals surface area contributed by atoms with E-state index in [0.29, 0.717) is 0 Å². The van der Waals surface area contributed by atoms with Crippen molar-refractivity contribution in [3.05, 3.63) is 59.2 Å². The van der Waals surface area contributed by atoms with E-state index in [2.05, 4.69) is 56.1 Å². The van der Waals surface area contributed by atoms with Crippen molar-refractivity contribution in [3.8, 4) is 0 Å². The Bertz CT molecular complexity index is 544. The molecule has 0 aliphatic heterocycles. The van der Waals surface area contributed by atoms with E-state index >= 15 is 0 Å². The van der Waals surface area contributed by atoms with Crippen LogP contribution in [-0.4, -0.2) is 7.05 Å². The highest BCUT2D eigenvalue weighted by molar-refractivity contribution is 5.53. The van der Waals surface area contributed by atoms with Crippen molar-refractivity contribution >= 4 is 11.4 Å². The molecule has 0 bridgehead atoms. The van der Waals surface area contributed by atoms with Crippen LogP contribution >= 0.6 is 0 Å². The number of hydrogen-bond donors (Lipinski definition) is 1. The van der Waals surface area contributed by atoms with Gasteiger partial charge in [0.25, 0.3) is 0 Å². The second kappa shape index (κ2) is 5.79. The van der Waals surface area contributed by atoms with Gasteiger partial charge in [0.1, 0.15) is 0 Å². The number of hydrogen-bond acceptors (Lipinski definition) is 2. The fourth-order valence-electron chi connectivity index (χ4n) is 2.21. The van der Waals surface area contributed by atoms with Crippen LogP contribution < -0.4 is 10.6 Å². The van der Waals surface area contributed by atoms with Gasteiger partial charge < -0.3 is 10.6 Å². The van der Waals surface area contributed by atoms with Crippen LogP contribution in [0.4, 0.5) is 11.4 Å². The highest BCUT2D eigenvalue weighted by Gasteiger charge is 2.06. The topological polar surface area (TPSA) is 29.3 Å². The van der Waals surface area contributed by atoms with E-state index in [9.17, 15) is 0 Å². The van der Waals surface area contributed by atoms with E-state index in [0.717, 1.165) is 18.7 Å². The standard InChI is InChI=1S/C17H22N2/c1-4-14-8-10-16(11-9-14)19(3)12-15-6-5-7-17(18)13(15)2/h5-11H,4,12,18H2,1-3H3. The molecule has 0 spiro atoms. The molecule has 2 heteroatoms. The molecule has 0 radical (unpaired) electrons. The molecule has 0 aliphatic rings. The first-order valence-corrected chi connectivity index (χ1v) is 6.76. The SMILES string of the molecule is CCc1ccc(N(C)Cc2cccc(N)c2C)cc1.